The second-order valence-electron chi connectivity index (χ2n) is 11.4. The first-order valence-corrected chi connectivity index (χ1v) is 14.9. The van der Waals surface area contributed by atoms with Gasteiger partial charge in [-0.2, -0.15) is 0 Å². The standard InChI is InChI=1S/C33H45NO4/c35-32(30(28-16-8-3-9-17-28)18-10-15-25-11-4-1-5-12-25)34-31(33(36)37)23-26-19-21-29(22-20-26)38-24-27-13-6-2-7-14-27/h1,4-5,11-12,19-22,27-28,30-31H,2-3,6-10,13-18,23-24H2,(H,34,35)(H,36,37)/t30-,31-/m0/s1. The van der Waals surface area contributed by atoms with Crippen LogP contribution in [0, 0.1) is 17.8 Å². The summed E-state index contributed by atoms with van der Waals surface area (Å²) >= 11 is 0. The number of carboxylic acid groups (broad SMARTS) is 1. The Kier molecular flexibility index (Phi) is 11.1. The molecule has 0 heterocycles. The highest BCUT2D eigenvalue weighted by Gasteiger charge is 2.32. The van der Waals surface area contributed by atoms with Gasteiger partial charge in [-0.1, -0.05) is 81.0 Å². The summed E-state index contributed by atoms with van der Waals surface area (Å²) in [5, 5.41) is 12.9. The van der Waals surface area contributed by atoms with Crippen molar-refractivity contribution in [2.24, 2.45) is 17.8 Å². The molecule has 2 atom stereocenters. The molecular weight excluding hydrogens is 474 g/mol. The van der Waals surface area contributed by atoms with E-state index in [0.717, 1.165) is 62.9 Å². The Morgan fingerprint density at radius 2 is 1.50 bits per heavy atom. The van der Waals surface area contributed by atoms with Crippen LogP contribution in [0.1, 0.15) is 88.2 Å². The Morgan fingerprint density at radius 3 is 2.16 bits per heavy atom. The highest BCUT2D eigenvalue weighted by Crippen LogP contribution is 2.33. The van der Waals surface area contributed by atoms with Crippen LogP contribution >= 0.6 is 0 Å². The van der Waals surface area contributed by atoms with Crippen molar-refractivity contribution >= 4 is 11.9 Å². The molecule has 0 radical (unpaired) electrons. The summed E-state index contributed by atoms with van der Waals surface area (Å²) in [7, 11) is 0. The molecule has 0 aromatic heterocycles. The van der Waals surface area contributed by atoms with Crippen LogP contribution in [-0.4, -0.2) is 29.6 Å². The number of rotatable bonds is 13. The first-order valence-electron chi connectivity index (χ1n) is 14.9. The van der Waals surface area contributed by atoms with Crippen molar-refractivity contribution in [1.29, 1.82) is 0 Å². The molecule has 0 bridgehead atoms. The molecule has 5 heteroatoms. The van der Waals surface area contributed by atoms with E-state index < -0.39 is 12.0 Å². The molecule has 0 spiro atoms. The molecule has 4 rings (SSSR count). The van der Waals surface area contributed by atoms with Gasteiger partial charge in [0.25, 0.3) is 0 Å². The third-order valence-corrected chi connectivity index (χ3v) is 8.57. The fraction of sp³-hybridized carbons (Fsp3) is 0.576. The van der Waals surface area contributed by atoms with E-state index in [1.807, 2.05) is 42.5 Å². The smallest absolute Gasteiger partial charge is 0.326 e. The van der Waals surface area contributed by atoms with Crippen molar-refractivity contribution in [2.75, 3.05) is 6.61 Å². The maximum Gasteiger partial charge on any atom is 0.326 e. The van der Waals surface area contributed by atoms with Crippen LogP contribution in [0.5, 0.6) is 5.75 Å². The molecule has 2 N–H and O–H groups in total. The molecule has 1 amide bonds. The second kappa shape index (κ2) is 14.9. The molecule has 0 unspecified atom stereocenters. The summed E-state index contributed by atoms with van der Waals surface area (Å²) in [5.41, 5.74) is 2.17. The van der Waals surface area contributed by atoms with E-state index in [1.54, 1.807) is 0 Å². The summed E-state index contributed by atoms with van der Waals surface area (Å²) in [6.07, 6.45) is 15.0. The van der Waals surface area contributed by atoms with Crippen LogP contribution in [0.25, 0.3) is 0 Å². The van der Waals surface area contributed by atoms with Crippen molar-refractivity contribution in [3.63, 3.8) is 0 Å². The Bertz CT molecular complexity index is 978. The van der Waals surface area contributed by atoms with Gasteiger partial charge in [-0.3, -0.25) is 4.79 Å². The summed E-state index contributed by atoms with van der Waals surface area (Å²) in [6.45, 7) is 0.750. The topological polar surface area (TPSA) is 75.6 Å². The van der Waals surface area contributed by atoms with Gasteiger partial charge in [0.1, 0.15) is 11.8 Å². The Labute approximate surface area is 228 Å². The van der Waals surface area contributed by atoms with E-state index in [4.69, 9.17) is 4.74 Å². The second-order valence-corrected chi connectivity index (χ2v) is 11.4. The maximum absolute atomic E-state index is 13.5. The first-order chi connectivity index (χ1) is 18.6. The molecule has 2 saturated carbocycles. The van der Waals surface area contributed by atoms with Crippen LogP contribution in [0.15, 0.2) is 54.6 Å². The molecule has 0 saturated heterocycles. The van der Waals surface area contributed by atoms with Crippen molar-refractivity contribution in [2.45, 2.75) is 95.9 Å². The number of benzene rings is 2. The maximum atomic E-state index is 13.5. The van der Waals surface area contributed by atoms with Crippen molar-refractivity contribution < 1.29 is 19.4 Å². The highest BCUT2D eigenvalue weighted by atomic mass is 16.5. The first kappa shape index (κ1) is 28.2. The van der Waals surface area contributed by atoms with E-state index in [2.05, 4.69) is 17.4 Å². The minimum Gasteiger partial charge on any atom is -0.493 e. The van der Waals surface area contributed by atoms with Gasteiger partial charge in [-0.15, -0.1) is 0 Å². The Morgan fingerprint density at radius 1 is 0.842 bits per heavy atom. The predicted molar refractivity (Wildman–Crippen MR) is 151 cm³/mol. The summed E-state index contributed by atoms with van der Waals surface area (Å²) in [5.74, 6) is 0.601. The van der Waals surface area contributed by atoms with Crippen molar-refractivity contribution in [1.82, 2.24) is 5.32 Å². The number of aryl methyl sites for hydroxylation is 1. The number of carboxylic acids is 1. The summed E-state index contributed by atoms with van der Waals surface area (Å²) in [4.78, 5) is 25.6. The largest absolute Gasteiger partial charge is 0.493 e. The number of aliphatic carboxylic acids is 1. The number of carbonyl (C=O) groups is 2. The lowest BCUT2D eigenvalue weighted by molar-refractivity contribution is -0.143. The van der Waals surface area contributed by atoms with E-state index in [1.165, 1.54) is 44.1 Å². The third-order valence-electron chi connectivity index (χ3n) is 8.57. The zero-order valence-corrected chi connectivity index (χ0v) is 22.8. The molecule has 2 fully saturated rings. The minimum absolute atomic E-state index is 0.0928. The lowest BCUT2D eigenvalue weighted by Crippen LogP contribution is -2.46. The summed E-state index contributed by atoms with van der Waals surface area (Å²) < 4.78 is 6.00. The zero-order valence-electron chi connectivity index (χ0n) is 22.8. The van der Waals surface area contributed by atoms with Crippen LogP contribution in [-0.2, 0) is 22.4 Å². The molecule has 2 aromatic rings. The van der Waals surface area contributed by atoms with Crippen LogP contribution < -0.4 is 10.1 Å². The van der Waals surface area contributed by atoms with E-state index in [-0.39, 0.29) is 18.2 Å². The van der Waals surface area contributed by atoms with Crippen LogP contribution in [0.3, 0.4) is 0 Å². The van der Waals surface area contributed by atoms with Crippen LogP contribution in [0.2, 0.25) is 0 Å². The fourth-order valence-electron chi connectivity index (χ4n) is 6.29. The van der Waals surface area contributed by atoms with Gasteiger partial charge in [0.15, 0.2) is 0 Å². The Balaban J connectivity index is 1.32. The van der Waals surface area contributed by atoms with Gasteiger partial charge in [0, 0.05) is 12.3 Å². The molecular formula is C33H45NO4. The minimum atomic E-state index is -0.984. The number of nitrogens with one attached hydrogen (secondary N) is 1. The molecule has 5 nitrogen and oxygen atoms in total. The van der Waals surface area contributed by atoms with Gasteiger partial charge in [-0.25, -0.2) is 4.79 Å². The lowest BCUT2D eigenvalue weighted by Gasteiger charge is -2.30. The third kappa shape index (κ3) is 8.89. The fourth-order valence-corrected chi connectivity index (χ4v) is 6.29. The van der Waals surface area contributed by atoms with Crippen molar-refractivity contribution in [3.8, 4) is 5.75 Å². The number of amides is 1. The van der Waals surface area contributed by atoms with Gasteiger partial charge in [0.2, 0.25) is 5.91 Å². The molecule has 206 valence electrons. The molecule has 2 aliphatic carbocycles. The highest BCUT2D eigenvalue weighted by molar-refractivity contribution is 5.85. The zero-order chi connectivity index (χ0) is 26.6. The number of carbonyl (C=O) groups excluding carboxylic acids is 1. The molecule has 0 aliphatic heterocycles. The number of hydrogen-bond donors (Lipinski definition) is 2. The monoisotopic (exact) mass is 519 g/mol. The Hall–Kier alpha value is -2.82. The number of hydrogen-bond acceptors (Lipinski definition) is 3. The van der Waals surface area contributed by atoms with Gasteiger partial charge < -0.3 is 15.2 Å². The SMILES string of the molecule is O=C(O)[C@H](Cc1ccc(OCC2CCCCC2)cc1)NC(=O)[C@@H](CCCc1ccccc1)C1CCCCC1. The molecule has 2 aromatic carbocycles. The molecule has 2 aliphatic rings. The average molecular weight is 520 g/mol. The van der Waals surface area contributed by atoms with Crippen LogP contribution in [0.4, 0.5) is 0 Å². The summed E-state index contributed by atoms with van der Waals surface area (Å²) in [6, 6.07) is 17.1. The number of ether oxygens (including phenoxy) is 1. The van der Waals surface area contributed by atoms with E-state index in [0.29, 0.717) is 11.8 Å². The molecule has 38 heavy (non-hydrogen) atoms. The quantitative estimate of drug-likeness (QED) is 0.299. The van der Waals surface area contributed by atoms with Gasteiger partial charge in [0.05, 0.1) is 6.61 Å². The van der Waals surface area contributed by atoms with E-state index in [9.17, 15) is 14.7 Å². The normalized spacial score (nSPS) is 18.4. The van der Waals surface area contributed by atoms with Gasteiger partial charge in [-0.05, 0) is 80.0 Å². The van der Waals surface area contributed by atoms with Crippen molar-refractivity contribution in [3.05, 3.63) is 65.7 Å². The lowest BCUT2D eigenvalue weighted by atomic mass is 9.77. The van der Waals surface area contributed by atoms with E-state index >= 15 is 0 Å². The average Bonchev–Trinajstić information content (AvgIpc) is 2.96. The predicted octanol–water partition coefficient (Wildman–Crippen LogP) is 6.98. The van der Waals surface area contributed by atoms with Gasteiger partial charge >= 0.3 is 5.97 Å².